The first-order valence-electron chi connectivity index (χ1n) is 10.3. The Kier molecular flexibility index (Phi) is 5.95. The standard InChI is InChI=1S/C24H21N5O3S/c1-16-18(12-13-31-16)23-26-27-24(29(23)14-17-8-4-3-5-9-17)33-15-21-25-22(28-32-21)19-10-6-7-11-20(19)30-2/h3-13H,14-15H2,1-2H3. The third-order valence-electron chi connectivity index (χ3n) is 5.14. The van der Waals surface area contributed by atoms with E-state index in [1.807, 2.05) is 55.5 Å². The zero-order chi connectivity index (χ0) is 22.6. The first kappa shape index (κ1) is 21.0. The van der Waals surface area contributed by atoms with Gasteiger partial charge in [0.05, 0.1) is 36.8 Å². The molecule has 5 rings (SSSR count). The molecule has 0 atom stereocenters. The maximum absolute atomic E-state index is 5.49. The van der Waals surface area contributed by atoms with Crippen LogP contribution < -0.4 is 4.74 Å². The lowest BCUT2D eigenvalue weighted by Crippen LogP contribution is -2.04. The maximum atomic E-state index is 5.49. The third kappa shape index (κ3) is 4.40. The summed E-state index contributed by atoms with van der Waals surface area (Å²) in [5, 5.41) is 13.8. The number of aromatic nitrogens is 5. The summed E-state index contributed by atoms with van der Waals surface area (Å²) in [7, 11) is 1.62. The SMILES string of the molecule is COc1ccccc1-c1noc(CSc2nnc(-c3ccoc3C)n2Cc2ccccc2)n1. The molecule has 5 aromatic rings. The molecule has 0 aliphatic rings. The highest BCUT2D eigenvalue weighted by Gasteiger charge is 2.19. The topological polar surface area (TPSA) is 92.0 Å². The van der Waals surface area contributed by atoms with Crippen LogP contribution >= 0.6 is 11.8 Å². The number of ether oxygens (including phenoxy) is 1. The molecule has 33 heavy (non-hydrogen) atoms. The van der Waals surface area contributed by atoms with Gasteiger partial charge in [0, 0.05) is 0 Å². The Balaban J connectivity index is 1.40. The lowest BCUT2D eigenvalue weighted by Gasteiger charge is -2.09. The molecule has 0 aliphatic carbocycles. The minimum Gasteiger partial charge on any atom is -0.496 e. The Morgan fingerprint density at radius 1 is 0.970 bits per heavy atom. The van der Waals surface area contributed by atoms with Crippen LogP contribution in [-0.2, 0) is 12.3 Å². The van der Waals surface area contributed by atoms with Crippen molar-refractivity contribution in [1.29, 1.82) is 0 Å². The maximum Gasteiger partial charge on any atom is 0.237 e. The van der Waals surface area contributed by atoms with E-state index in [0.29, 0.717) is 29.8 Å². The highest BCUT2D eigenvalue weighted by Crippen LogP contribution is 2.31. The molecule has 0 fully saturated rings. The number of hydrogen-bond acceptors (Lipinski definition) is 8. The van der Waals surface area contributed by atoms with Gasteiger partial charge in [-0.3, -0.25) is 4.57 Å². The van der Waals surface area contributed by atoms with Crippen LogP contribution in [0, 0.1) is 6.92 Å². The van der Waals surface area contributed by atoms with Gasteiger partial charge in [0.1, 0.15) is 11.5 Å². The van der Waals surface area contributed by atoms with Crippen molar-refractivity contribution in [1.82, 2.24) is 24.9 Å². The van der Waals surface area contributed by atoms with Gasteiger partial charge in [-0.2, -0.15) is 4.98 Å². The number of thioether (sulfide) groups is 1. The predicted molar refractivity (Wildman–Crippen MR) is 124 cm³/mol. The minimum absolute atomic E-state index is 0.458. The van der Waals surface area contributed by atoms with Crippen molar-refractivity contribution < 1.29 is 13.7 Å². The van der Waals surface area contributed by atoms with Crippen molar-refractivity contribution in [2.75, 3.05) is 7.11 Å². The second-order valence-corrected chi connectivity index (χ2v) is 8.21. The van der Waals surface area contributed by atoms with Crippen molar-refractivity contribution in [2.24, 2.45) is 0 Å². The molecule has 2 aromatic carbocycles. The van der Waals surface area contributed by atoms with E-state index in [1.165, 1.54) is 11.8 Å². The van der Waals surface area contributed by atoms with Crippen LogP contribution in [0.15, 0.2) is 81.0 Å². The number of methoxy groups -OCH3 is 1. The molecule has 8 nitrogen and oxygen atoms in total. The van der Waals surface area contributed by atoms with Gasteiger partial charge >= 0.3 is 0 Å². The van der Waals surface area contributed by atoms with Crippen molar-refractivity contribution in [3.05, 3.63) is 84.1 Å². The molecule has 0 aliphatic heterocycles. The summed E-state index contributed by atoms with van der Waals surface area (Å²) >= 11 is 1.49. The average molecular weight is 460 g/mol. The number of furan rings is 1. The molecular weight excluding hydrogens is 438 g/mol. The Labute approximate surface area is 194 Å². The molecule has 166 valence electrons. The summed E-state index contributed by atoms with van der Waals surface area (Å²) in [6.07, 6.45) is 1.66. The van der Waals surface area contributed by atoms with Gasteiger partial charge in [0.15, 0.2) is 11.0 Å². The second kappa shape index (κ2) is 9.33. The van der Waals surface area contributed by atoms with Crippen LogP contribution in [0.5, 0.6) is 5.75 Å². The van der Waals surface area contributed by atoms with Gasteiger partial charge < -0.3 is 13.7 Å². The van der Waals surface area contributed by atoms with Crippen LogP contribution in [-0.4, -0.2) is 32.0 Å². The largest absolute Gasteiger partial charge is 0.496 e. The number of hydrogen-bond donors (Lipinski definition) is 0. The van der Waals surface area contributed by atoms with E-state index in [2.05, 4.69) is 37.0 Å². The van der Waals surface area contributed by atoms with Crippen molar-refractivity contribution in [3.8, 4) is 28.5 Å². The third-order valence-corrected chi connectivity index (χ3v) is 6.09. The fourth-order valence-electron chi connectivity index (χ4n) is 3.50. The quantitative estimate of drug-likeness (QED) is 0.291. The Bertz CT molecular complexity index is 1360. The molecule has 0 saturated heterocycles. The fraction of sp³-hybridized carbons (Fsp3) is 0.167. The second-order valence-electron chi connectivity index (χ2n) is 7.27. The molecule has 0 unspecified atom stereocenters. The van der Waals surface area contributed by atoms with Gasteiger partial charge in [-0.25, -0.2) is 0 Å². The summed E-state index contributed by atoms with van der Waals surface area (Å²) in [5.74, 6) is 3.69. The van der Waals surface area contributed by atoms with Crippen LogP contribution in [0.25, 0.3) is 22.8 Å². The van der Waals surface area contributed by atoms with Crippen LogP contribution in [0.3, 0.4) is 0 Å². The Morgan fingerprint density at radius 2 is 1.79 bits per heavy atom. The number of aryl methyl sites for hydroxylation is 1. The summed E-state index contributed by atoms with van der Waals surface area (Å²) in [6.45, 7) is 2.55. The monoisotopic (exact) mass is 459 g/mol. The summed E-state index contributed by atoms with van der Waals surface area (Å²) < 4.78 is 18.5. The van der Waals surface area contributed by atoms with Crippen molar-refractivity contribution >= 4 is 11.8 Å². The fourth-order valence-corrected chi connectivity index (χ4v) is 4.27. The highest BCUT2D eigenvalue weighted by atomic mass is 32.2. The van der Waals surface area contributed by atoms with Crippen molar-refractivity contribution in [2.45, 2.75) is 24.4 Å². The number of benzene rings is 2. The van der Waals surface area contributed by atoms with Gasteiger partial charge in [-0.15, -0.1) is 10.2 Å². The van der Waals surface area contributed by atoms with Crippen LogP contribution in [0.2, 0.25) is 0 Å². The van der Waals surface area contributed by atoms with Gasteiger partial charge in [-0.05, 0) is 30.7 Å². The Morgan fingerprint density at radius 3 is 2.58 bits per heavy atom. The molecule has 0 spiro atoms. The molecule has 9 heteroatoms. The number of nitrogens with zero attached hydrogens (tertiary/aromatic N) is 5. The zero-order valence-electron chi connectivity index (χ0n) is 18.1. The lowest BCUT2D eigenvalue weighted by molar-refractivity contribution is 0.390. The van der Waals surface area contributed by atoms with Crippen molar-refractivity contribution in [3.63, 3.8) is 0 Å². The molecule has 3 aromatic heterocycles. The van der Waals surface area contributed by atoms with E-state index in [9.17, 15) is 0 Å². The summed E-state index contributed by atoms with van der Waals surface area (Å²) in [6, 6.07) is 19.7. The molecule has 0 N–H and O–H groups in total. The van der Waals surface area contributed by atoms with Crippen LogP contribution in [0.1, 0.15) is 17.2 Å². The molecule has 0 amide bonds. The van der Waals surface area contributed by atoms with E-state index in [0.717, 1.165) is 33.4 Å². The zero-order valence-corrected chi connectivity index (χ0v) is 19.0. The number of rotatable bonds is 8. The smallest absolute Gasteiger partial charge is 0.237 e. The molecule has 0 radical (unpaired) electrons. The van der Waals surface area contributed by atoms with Gasteiger partial charge in [0.2, 0.25) is 11.7 Å². The van der Waals surface area contributed by atoms with Gasteiger partial charge in [-0.1, -0.05) is 59.4 Å². The first-order chi connectivity index (χ1) is 16.2. The van der Waals surface area contributed by atoms with E-state index in [-0.39, 0.29) is 0 Å². The Hall–Kier alpha value is -3.85. The molecule has 3 heterocycles. The van der Waals surface area contributed by atoms with E-state index < -0.39 is 0 Å². The minimum atomic E-state index is 0.458. The molecular formula is C24H21N5O3S. The predicted octanol–water partition coefficient (Wildman–Crippen LogP) is 5.25. The van der Waals surface area contributed by atoms with E-state index >= 15 is 0 Å². The summed E-state index contributed by atoms with van der Waals surface area (Å²) in [4.78, 5) is 4.54. The van der Waals surface area contributed by atoms with Crippen LogP contribution in [0.4, 0.5) is 0 Å². The molecule has 0 bridgehead atoms. The normalized spacial score (nSPS) is 11.1. The molecule has 0 saturated carbocycles. The first-order valence-corrected chi connectivity index (χ1v) is 11.3. The average Bonchev–Trinajstić information content (AvgIpc) is 3.58. The lowest BCUT2D eigenvalue weighted by atomic mass is 10.2. The van der Waals surface area contributed by atoms with E-state index in [1.54, 1.807) is 13.4 Å². The van der Waals surface area contributed by atoms with E-state index in [4.69, 9.17) is 13.7 Å². The highest BCUT2D eigenvalue weighted by molar-refractivity contribution is 7.98. The summed E-state index contributed by atoms with van der Waals surface area (Å²) in [5.41, 5.74) is 2.85. The number of para-hydroxylation sites is 1. The van der Waals surface area contributed by atoms with Gasteiger partial charge in [0.25, 0.3) is 0 Å².